The molecule has 18 heavy (non-hydrogen) atoms. The highest BCUT2D eigenvalue weighted by Crippen LogP contribution is 2.22. The normalized spacial score (nSPS) is 10.2. The minimum absolute atomic E-state index is 0.0659. The van der Waals surface area contributed by atoms with Crippen molar-refractivity contribution in [3.8, 4) is 0 Å². The molecule has 5 heteroatoms. The van der Waals surface area contributed by atoms with Crippen LogP contribution in [0.4, 0.5) is 11.4 Å². The standard InChI is InChI=1S/C13H22N4O/c1-4-16-13(18)11-6-5-10(14)9-12(11)17(3)8-7-15-2/h5-6,9,15H,4,7-8,14H2,1-3H3,(H,16,18). The summed E-state index contributed by atoms with van der Waals surface area (Å²) < 4.78 is 0. The monoisotopic (exact) mass is 250 g/mol. The highest BCUT2D eigenvalue weighted by molar-refractivity contribution is 6.00. The van der Waals surface area contributed by atoms with E-state index in [1.165, 1.54) is 0 Å². The fraction of sp³-hybridized carbons (Fsp3) is 0.462. The van der Waals surface area contributed by atoms with Gasteiger partial charge in [-0.3, -0.25) is 4.79 Å². The fourth-order valence-corrected chi connectivity index (χ4v) is 1.71. The number of nitrogens with two attached hydrogens (primary N) is 1. The Balaban J connectivity index is 2.99. The van der Waals surface area contributed by atoms with E-state index in [9.17, 15) is 4.79 Å². The van der Waals surface area contributed by atoms with Gasteiger partial charge in [-0.25, -0.2) is 0 Å². The van der Waals surface area contributed by atoms with Gasteiger partial charge in [0.25, 0.3) is 5.91 Å². The molecule has 0 aliphatic heterocycles. The number of hydrogen-bond donors (Lipinski definition) is 3. The van der Waals surface area contributed by atoms with E-state index >= 15 is 0 Å². The van der Waals surface area contributed by atoms with Gasteiger partial charge in [0.2, 0.25) is 0 Å². The molecule has 1 rings (SSSR count). The first-order valence-electron chi connectivity index (χ1n) is 6.13. The van der Waals surface area contributed by atoms with E-state index in [0.29, 0.717) is 17.8 Å². The van der Waals surface area contributed by atoms with E-state index in [0.717, 1.165) is 18.8 Å². The molecule has 0 fully saturated rings. The number of rotatable bonds is 6. The van der Waals surface area contributed by atoms with Crippen molar-refractivity contribution in [3.63, 3.8) is 0 Å². The molecule has 1 aromatic rings. The second-order valence-electron chi connectivity index (χ2n) is 4.16. The molecule has 0 saturated heterocycles. The zero-order valence-electron chi connectivity index (χ0n) is 11.3. The number of nitrogen functional groups attached to an aromatic ring is 1. The van der Waals surface area contributed by atoms with Gasteiger partial charge >= 0.3 is 0 Å². The number of hydrogen-bond acceptors (Lipinski definition) is 4. The van der Waals surface area contributed by atoms with Crippen molar-refractivity contribution in [2.75, 3.05) is 44.4 Å². The third-order valence-corrected chi connectivity index (χ3v) is 2.71. The Hall–Kier alpha value is -1.75. The van der Waals surface area contributed by atoms with Crippen molar-refractivity contribution < 1.29 is 4.79 Å². The topological polar surface area (TPSA) is 70.4 Å². The molecule has 0 aromatic heterocycles. The van der Waals surface area contributed by atoms with E-state index in [1.54, 1.807) is 12.1 Å². The van der Waals surface area contributed by atoms with E-state index < -0.39 is 0 Å². The molecule has 0 atom stereocenters. The van der Waals surface area contributed by atoms with E-state index in [1.807, 2.05) is 32.0 Å². The summed E-state index contributed by atoms with van der Waals surface area (Å²) >= 11 is 0. The van der Waals surface area contributed by atoms with Crippen LogP contribution in [0.25, 0.3) is 0 Å². The number of likely N-dealkylation sites (N-methyl/N-ethyl adjacent to an activating group) is 2. The predicted octanol–water partition coefficient (Wildman–Crippen LogP) is 0.674. The molecule has 0 heterocycles. The summed E-state index contributed by atoms with van der Waals surface area (Å²) in [5.74, 6) is -0.0659. The minimum Gasteiger partial charge on any atom is -0.399 e. The van der Waals surface area contributed by atoms with Crippen molar-refractivity contribution in [2.24, 2.45) is 0 Å². The SMILES string of the molecule is CCNC(=O)c1ccc(N)cc1N(C)CCNC. The Kier molecular flexibility index (Phi) is 5.45. The smallest absolute Gasteiger partial charge is 0.253 e. The molecule has 0 unspecified atom stereocenters. The Labute approximate surface area is 108 Å². The van der Waals surface area contributed by atoms with Crippen molar-refractivity contribution >= 4 is 17.3 Å². The zero-order valence-corrected chi connectivity index (χ0v) is 11.3. The fourth-order valence-electron chi connectivity index (χ4n) is 1.71. The van der Waals surface area contributed by atoms with Crippen molar-refractivity contribution in [1.82, 2.24) is 10.6 Å². The van der Waals surface area contributed by atoms with Gasteiger partial charge in [-0.1, -0.05) is 0 Å². The van der Waals surface area contributed by atoms with Crippen LogP contribution in [-0.2, 0) is 0 Å². The van der Waals surface area contributed by atoms with Gasteiger partial charge in [-0.05, 0) is 32.2 Å². The van der Waals surface area contributed by atoms with Crippen molar-refractivity contribution in [3.05, 3.63) is 23.8 Å². The van der Waals surface area contributed by atoms with Crippen molar-refractivity contribution in [2.45, 2.75) is 6.92 Å². The van der Waals surface area contributed by atoms with Crippen LogP contribution in [-0.4, -0.2) is 39.6 Å². The van der Waals surface area contributed by atoms with Gasteiger partial charge in [0.1, 0.15) is 0 Å². The predicted molar refractivity (Wildman–Crippen MR) is 76.1 cm³/mol. The van der Waals surface area contributed by atoms with Crippen LogP contribution in [0.5, 0.6) is 0 Å². The van der Waals surface area contributed by atoms with Gasteiger partial charge in [0.15, 0.2) is 0 Å². The molecule has 0 aliphatic rings. The quantitative estimate of drug-likeness (QED) is 0.649. The number of benzene rings is 1. The van der Waals surface area contributed by atoms with Crippen LogP contribution in [0.15, 0.2) is 18.2 Å². The number of nitrogens with zero attached hydrogens (tertiary/aromatic N) is 1. The molecular weight excluding hydrogens is 228 g/mol. The lowest BCUT2D eigenvalue weighted by atomic mass is 10.1. The van der Waals surface area contributed by atoms with Crippen LogP contribution in [0.1, 0.15) is 17.3 Å². The van der Waals surface area contributed by atoms with Crippen LogP contribution < -0.4 is 21.3 Å². The highest BCUT2D eigenvalue weighted by atomic mass is 16.1. The van der Waals surface area contributed by atoms with Gasteiger partial charge in [0, 0.05) is 32.4 Å². The summed E-state index contributed by atoms with van der Waals surface area (Å²) in [5.41, 5.74) is 7.97. The number of carbonyl (C=O) groups excluding carboxylic acids is 1. The Morgan fingerprint density at radius 2 is 2.17 bits per heavy atom. The lowest BCUT2D eigenvalue weighted by molar-refractivity contribution is 0.0956. The van der Waals surface area contributed by atoms with Crippen LogP contribution >= 0.6 is 0 Å². The maximum atomic E-state index is 12.0. The largest absolute Gasteiger partial charge is 0.399 e. The molecule has 5 nitrogen and oxygen atoms in total. The van der Waals surface area contributed by atoms with Gasteiger partial charge in [-0.15, -0.1) is 0 Å². The summed E-state index contributed by atoms with van der Waals surface area (Å²) in [6.45, 7) is 4.18. The summed E-state index contributed by atoms with van der Waals surface area (Å²) in [5, 5.41) is 5.89. The molecular formula is C13H22N4O. The molecule has 1 aromatic carbocycles. The van der Waals surface area contributed by atoms with Crippen LogP contribution in [0.3, 0.4) is 0 Å². The molecule has 0 radical (unpaired) electrons. The molecule has 4 N–H and O–H groups in total. The third kappa shape index (κ3) is 3.63. The lowest BCUT2D eigenvalue weighted by Gasteiger charge is -2.22. The van der Waals surface area contributed by atoms with Gasteiger partial charge in [-0.2, -0.15) is 0 Å². The third-order valence-electron chi connectivity index (χ3n) is 2.71. The molecule has 0 aliphatic carbocycles. The van der Waals surface area contributed by atoms with E-state index in [2.05, 4.69) is 10.6 Å². The molecule has 100 valence electrons. The molecule has 0 bridgehead atoms. The maximum Gasteiger partial charge on any atom is 0.253 e. The maximum absolute atomic E-state index is 12.0. The van der Waals surface area contributed by atoms with Gasteiger partial charge in [0.05, 0.1) is 11.3 Å². The lowest BCUT2D eigenvalue weighted by Crippen LogP contribution is -2.30. The van der Waals surface area contributed by atoms with Crippen LogP contribution in [0.2, 0.25) is 0 Å². The number of nitrogens with one attached hydrogen (secondary N) is 2. The van der Waals surface area contributed by atoms with Crippen molar-refractivity contribution in [1.29, 1.82) is 0 Å². The summed E-state index contributed by atoms with van der Waals surface area (Å²) in [6.07, 6.45) is 0. The molecule has 0 spiro atoms. The van der Waals surface area contributed by atoms with E-state index in [-0.39, 0.29) is 5.91 Å². The summed E-state index contributed by atoms with van der Waals surface area (Å²) in [4.78, 5) is 14.0. The first-order valence-corrected chi connectivity index (χ1v) is 6.13. The Bertz CT molecular complexity index is 406. The first-order chi connectivity index (χ1) is 8.60. The second kappa shape index (κ2) is 6.86. The number of amides is 1. The molecule has 0 saturated carbocycles. The van der Waals surface area contributed by atoms with E-state index in [4.69, 9.17) is 5.73 Å². The average Bonchev–Trinajstić information content (AvgIpc) is 2.36. The van der Waals surface area contributed by atoms with Crippen LogP contribution in [0, 0.1) is 0 Å². The highest BCUT2D eigenvalue weighted by Gasteiger charge is 2.13. The zero-order chi connectivity index (χ0) is 13.5. The molecule has 1 amide bonds. The number of carbonyl (C=O) groups is 1. The average molecular weight is 250 g/mol. The van der Waals surface area contributed by atoms with Gasteiger partial charge < -0.3 is 21.3 Å². The number of anilines is 2. The Morgan fingerprint density at radius 1 is 1.44 bits per heavy atom. The Morgan fingerprint density at radius 3 is 2.78 bits per heavy atom. The minimum atomic E-state index is -0.0659. The first kappa shape index (κ1) is 14.3. The summed E-state index contributed by atoms with van der Waals surface area (Å²) in [6, 6.07) is 5.35. The second-order valence-corrected chi connectivity index (χ2v) is 4.16. The summed E-state index contributed by atoms with van der Waals surface area (Å²) in [7, 11) is 3.85.